The largest absolute Gasteiger partial charge is 0.457 e. The molecular weight excluding hydrogens is 368 g/mol. The summed E-state index contributed by atoms with van der Waals surface area (Å²) in [5.74, 6) is -0.819. The lowest BCUT2D eigenvalue weighted by Gasteiger charge is -2.31. The summed E-state index contributed by atoms with van der Waals surface area (Å²) in [7, 11) is 1.90. The van der Waals surface area contributed by atoms with Crippen molar-refractivity contribution in [2.45, 2.75) is 33.6 Å². The summed E-state index contributed by atoms with van der Waals surface area (Å²) in [4.78, 5) is 39.3. The fraction of sp³-hybridized carbons (Fsp3) is 0.435. The number of ether oxygens (including phenoxy) is 1. The van der Waals surface area contributed by atoms with Crippen molar-refractivity contribution in [3.8, 4) is 0 Å². The van der Waals surface area contributed by atoms with Crippen molar-refractivity contribution in [2.24, 2.45) is 13.0 Å². The zero-order valence-electron chi connectivity index (χ0n) is 17.5. The summed E-state index contributed by atoms with van der Waals surface area (Å²) in [6, 6.07) is 9.34. The number of rotatable bonds is 5. The molecule has 1 aromatic heterocycles. The highest BCUT2D eigenvalue weighted by Gasteiger charge is 2.29. The van der Waals surface area contributed by atoms with Gasteiger partial charge in [0, 0.05) is 42.7 Å². The maximum atomic E-state index is 12.7. The van der Waals surface area contributed by atoms with Crippen molar-refractivity contribution < 1.29 is 19.1 Å². The second-order valence-corrected chi connectivity index (χ2v) is 7.76. The number of ketones is 1. The number of hydrogen-bond donors (Lipinski definition) is 0. The van der Waals surface area contributed by atoms with E-state index in [9.17, 15) is 14.4 Å². The van der Waals surface area contributed by atoms with Gasteiger partial charge in [-0.2, -0.15) is 0 Å². The average molecular weight is 396 g/mol. The summed E-state index contributed by atoms with van der Waals surface area (Å²) >= 11 is 0. The van der Waals surface area contributed by atoms with Crippen molar-refractivity contribution in [1.29, 1.82) is 0 Å². The number of benzene rings is 1. The van der Waals surface area contributed by atoms with Gasteiger partial charge in [-0.25, -0.2) is 0 Å². The third kappa shape index (κ3) is 4.42. The molecule has 1 aliphatic rings. The normalized spacial score (nSPS) is 14.7. The number of piperidine rings is 1. The quantitative estimate of drug-likeness (QED) is 0.575. The van der Waals surface area contributed by atoms with Crippen LogP contribution in [0, 0.1) is 26.7 Å². The van der Waals surface area contributed by atoms with E-state index in [0.717, 1.165) is 17.0 Å². The number of likely N-dealkylation sites (tertiary alicyclic amines) is 1. The molecule has 0 N–H and O–H groups in total. The molecule has 0 bridgehead atoms. The van der Waals surface area contributed by atoms with Gasteiger partial charge >= 0.3 is 5.97 Å². The number of carbonyl (C=O) groups excluding carboxylic acids is 3. The van der Waals surface area contributed by atoms with Gasteiger partial charge in [-0.3, -0.25) is 14.4 Å². The Labute approximate surface area is 171 Å². The molecule has 0 aliphatic carbocycles. The number of esters is 1. The number of amides is 1. The van der Waals surface area contributed by atoms with Gasteiger partial charge in [-0.1, -0.05) is 18.2 Å². The van der Waals surface area contributed by atoms with E-state index in [1.54, 1.807) is 4.90 Å². The van der Waals surface area contributed by atoms with E-state index in [0.29, 0.717) is 37.1 Å². The first-order chi connectivity index (χ1) is 13.8. The lowest BCUT2D eigenvalue weighted by molar-refractivity contribution is -0.148. The average Bonchev–Trinajstić information content (AvgIpc) is 2.99. The van der Waals surface area contributed by atoms with Crippen LogP contribution in [0.5, 0.6) is 0 Å². The summed E-state index contributed by atoms with van der Waals surface area (Å²) in [5, 5.41) is 0. The fourth-order valence-electron chi connectivity index (χ4n) is 3.77. The van der Waals surface area contributed by atoms with Gasteiger partial charge in [0.15, 0.2) is 6.61 Å². The van der Waals surface area contributed by atoms with Crippen LogP contribution in [-0.4, -0.2) is 46.8 Å². The Morgan fingerprint density at radius 1 is 1.03 bits per heavy atom. The third-order valence-corrected chi connectivity index (χ3v) is 5.91. The Bertz CT molecular complexity index is 936. The second kappa shape index (κ2) is 8.64. The van der Waals surface area contributed by atoms with E-state index in [4.69, 9.17) is 4.74 Å². The summed E-state index contributed by atoms with van der Waals surface area (Å²) in [6.07, 6.45) is 1.10. The summed E-state index contributed by atoms with van der Waals surface area (Å²) in [6.45, 7) is 6.51. The SMILES string of the molecule is Cc1ccccc1C(=O)N1CCC(C(=O)OCC(=O)c2cc(C)n(C)c2C)CC1. The maximum absolute atomic E-state index is 12.7. The summed E-state index contributed by atoms with van der Waals surface area (Å²) in [5.41, 5.74) is 4.10. The number of carbonyl (C=O) groups is 3. The van der Waals surface area contributed by atoms with Gasteiger partial charge in [0.25, 0.3) is 5.91 Å². The van der Waals surface area contributed by atoms with Crippen LogP contribution in [0.2, 0.25) is 0 Å². The van der Waals surface area contributed by atoms with Crippen LogP contribution in [0.1, 0.15) is 50.5 Å². The number of Topliss-reactive ketones (excluding diaryl/α,β-unsaturated/α-hetero) is 1. The van der Waals surface area contributed by atoms with Gasteiger partial charge in [0.05, 0.1) is 5.92 Å². The van der Waals surface area contributed by atoms with Gasteiger partial charge in [-0.05, 0) is 51.3 Å². The molecule has 3 rings (SSSR count). The van der Waals surface area contributed by atoms with Crippen LogP contribution in [0.4, 0.5) is 0 Å². The molecular formula is C23H28N2O4. The van der Waals surface area contributed by atoms with Crippen LogP contribution >= 0.6 is 0 Å². The molecule has 0 unspecified atom stereocenters. The topological polar surface area (TPSA) is 68.6 Å². The molecule has 1 saturated heterocycles. The fourth-order valence-corrected chi connectivity index (χ4v) is 3.77. The Balaban J connectivity index is 1.51. The summed E-state index contributed by atoms with van der Waals surface area (Å²) < 4.78 is 7.24. The van der Waals surface area contributed by atoms with Crippen LogP contribution in [-0.2, 0) is 16.6 Å². The van der Waals surface area contributed by atoms with Gasteiger partial charge in [-0.15, -0.1) is 0 Å². The molecule has 29 heavy (non-hydrogen) atoms. The molecule has 0 saturated carbocycles. The van der Waals surface area contributed by atoms with E-state index in [2.05, 4.69) is 0 Å². The monoisotopic (exact) mass is 396 g/mol. The zero-order chi connectivity index (χ0) is 21.1. The lowest BCUT2D eigenvalue weighted by Crippen LogP contribution is -2.41. The molecule has 6 heteroatoms. The highest BCUT2D eigenvalue weighted by molar-refractivity contribution is 5.99. The lowest BCUT2D eigenvalue weighted by atomic mass is 9.96. The van der Waals surface area contributed by atoms with E-state index in [1.165, 1.54) is 0 Å². The van der Waals surface area contributed by atoms with E-state index in [1.807, 2.05) is 62.7 Å². The predicted molar refractivity (Wildman–Crippen MR) is 110 cm³/mol. The van der Waals surface area contributed by atoms with Gasteiger partial charge in [0.2, 0.25) is 5.78 Å². The zero-order valence-corrected chi connectivity index (χ0v) is 17.5. The molecule has 1 fully saturated rings. The molecule has 0 radical (unpaired) electrons. The molecule has 0 atom stereocenters. The molecule has 0 spiro atoms. The number of nitrogens with zero attached hydrogens (tertiary/aromatic N) is 2. The van der Waals surface area contributed by atoms with Crippen molar-refractivity contribution >= 4 is 17.7 Å². The van der Waals surface area contributed by atoms with E-state index >= 15 is 0 Å². The van der Waals surface area contributed by atoms with E-state index < -0.39 is 0 Å². The van der Waals surface area contributed by atoms with Crippen molar-refractivity contribution in [1.82, 2.24) is 9.47 Å². The molecule has 1 amide bonds. The van der Waals surface area contributed by atoms with Crippen LogP contribution in [0.25, 0.3) is 0 Å². The van der Waals surface area contributed by atoms with Crippen molar-refractivity contribution in [3.63, 3.8) is 0 Å². The van der Waals surface area contributed by atoms with Crippen LogP contribution < -0.4 is 0 Å². The minimum Gasteiger partial charge on any atom is -0.457 e. The minimum absolute atomic E-state index is 0.0000164. The third-order valence-electron chi connectivity index (χ3n) is 5.91. The van der Waals surface area contributed by atoms with Crippen LogP contribution in [0.3, 0.4) is 0 Å². The van der Waals surface area contributed by atoms with E-state index in [-0.39, 0.29) is 30.2 Å². The Morgan fingerprint density at radius 3 is 2.28 bits per heavy atom. The molecule has 154 valence electrons. The second-order valence-electron chi connectivity index (χ2n) is 7.76. The molecule has 2 heterocycles. The highest BCUT2D eigenvalue weighted by atomic mass is 16.5. The first kappa shape index (κ1) is 20.8. The maximum Gasteiger partial charge on any atom is 0.309 e. The Morgan fingerprint density at radius 2 is 1.69 bits per heavy atom. The minimum atomic E-state index is -0.355. The first-order valence-corrected chi connectivity index (χ1v) is 9.97. The standard InChI is InChI=1S/C23H28N2O4/c1-15-7-5-6-8-19(15)22(27)25-11-9-18(10-12-25)23(28)29-14-21(26)20-13-16(2)24(4)17(20)3/h5-8,13,18H,9-12,14H2,1-4H3. The van der Waals surface area contributed by atoms with Crippen molar-refractivity contribution in [3.05, 3.63) is 58.4 Å². The number of aromatic nitrogens is 1. The van der Waals surface area contributed by atoms with Gasteiger partial charge in [0.1, 0.15) is 0 Å². The number of aryl methyl sites for hydroxylation is 2. The smallest absolute Gasteiger partial charge is 0.309 e. The van der Waals surface area contributed by atoms with Crippen molar-refractivity contribution in [2.75, 3.05) is 19.7 Å². The molecule has 6 nitrogen and oxygen atoms in total. The highest BCUT2D eigenvalue weighted by Crippen LogP contribution is 2.22. The van der Waals surface area contributed by atoms with Crippen LogP contribution in [0.15, 0.2) is 30.3 Å². The predicted octanol–water partition coefficient (Wildman–Crippen LogP) is 3.23. The molecule has 1 aromatic carbocycles. The molecule has 1 aliphatic heterocycles. The number of hydrogen-bond acceptors (Lipinski definition) is 4. The van der Waals surface area contributed by atoms with Gasteiger partial charge < -0.3 is 14.2 Å². The Hall–Kier alpha value is -2.89. The Kier molecular flexibility index (Phi) is 6.20. The molecule has 2 aromatic rings. The first-order valence-electron chi connectivity index (χ1n) is 9.97.